The van der Waals surface area contributed by atoms with Crippen LogP contribution in [0, 0.1) is 22.9 Å². The van der Waals surface area contributed by atoms with E-state index >= 15 is 0 Å². The highest BCUT2D eigenvalue weighted by molar-refractivity contribution is 5.90. The minimum atomic E-state index is -1.11. The van der Waals surface area contributed by atoms with Gasteiger partial charge in [-0.1, -0.05) is 54.6 Å². The zero-order valence-electron chi connectivity index (χ0n) is 21.2. The predicted molar refractivity (Wildman–Crippen MR) is 140 cm³/mol. The number of aryl methyl sites for hydroxylation is 1. The highest BCUT2D eigenvalue weighted by Crippen LogP contribution is 2.27. The Hall–Kier alpha value is -5.06. The molecule has 0 aliphatic rings. The van der Waals surface area contributed by atoms with Gasteiger partial charge in [0.25, 0.3) is 0 Å². The molecule has 11 heteroatoms. The van der Waals surface area contributed by atoms with Crippen LogP contribution in [0.3, 0.4) is 0 Å². The van der Waals surface area contributed by atoms with Gasteiger partial charge in [-0.3, -0.25) is 4.79 Å². The second-order valence-electron chi connectivity index (χ2n) is 8.39. The number of aromatic nitrogens is 2. The number of para-hydroxylation sites is 1. The third kappa shape index (κ3) is 7.25. The first-order valence-electron chi connectivity index (χ1n) is 11.8. The van der Waals surface area contributed by atoms with Crippen LogP contribution in [0.2, 0.25) is 0 Å². The van der Waals surface area contributed by atoms with Crippen LogP contribution in [-0.2, 0) is 16.1 Å². The van der Waals surface area contributed by atoms with Crippen LogP contribution in [0.25, 0.3) is 11.1 Å². The maximum Gasteiger partial charge on any atom is 0.342 e. The van der Waals surface area contributed by atoms with Crippen molar-refractivity contribution in [2.45, 2.75) is 26.3 Å². The van der Waals surface area contributed by atoms with Crippen molar-refractivity contribution in [3.63, 3.8) is 0 Å². The van der Waals surface area contributed by atoms with Crippen LogP contribution in [0.5, 0.6) is 5.75 Å². The Morgan fingerprint density at radius 2 is 1.77 bits per heavy atom. The van der Waals surface area contributed by atoms with Crippen LogP contribution in [0.15, 0.2) is 79.0 Å². The topological polar surface area (TPSA) is 145 Å². The molecule has 1 atom stereocenters. The second kappa shape index (κ2) is 13.0. The fourth-order valence-electron chi connectivity index (χ4n) is 3.68. The summed E-state index contributed by atoms with van der Waals surface area (Å²) in [5.74, 6) is -2.64. The Bertz CT molecular complexity index is 1470. The Morgan fingerprint density at radius 1 is 1.10 bits per heavy atom. The number of halogens is 1. The van der Waals surface area contributed by atoms with Gasteiger partial charge in [0.05, 0.1) is 5.92 Å². The van der Waals surface area contributed by atoms with Gasteiger partial charge < -0.3 is 25.1 Å². The Balaban J connectivity index is 0.000000353. The number of phenols is 1. The summed E-state index contributed by atoms with van der Waals surface area (Å²) >= 11 is 0. The van der Waals surface area contributed by atoms with Crippen molar-refractivity contribution in [2.75, 3.05) is 6.61 Å². The average Bonchev–Trinajstić information content (AvgIpc) is 3.29. The van der Waals surface area contributed by atoms with Gasteiger partial charge in [-0.05, 0) is 41.2 Å². The minimum absolute atomic E-state index is 0.0498. The molecule has 0 radical (unpaired) electrons. The average molecular weight is 536 g/mol. The Morgan fingerprint density at radius 3 is 2.36 bits per heavy atom. The zero-order chi connectivity index (χ0) is 28.5. The molecule has 0 unspecified atom stereocenters. The van der Waals surface area contributed by atoms with Crippen LogP contribution in [0.1, 0.15) is 34.6 Å². The van der Waals surface area contributed by atoms with Crippen LogP contribution in [0.4, 0.5) is 10.2 Å². The van der Waals surface area contributed by atoms with E-state index in [1.165, 1.54) is 22.8 Å². The largest absolute Gasteiger partial charge is 0.507 e. The number of hydrogen-bond acceptors (Lipinski definition) is 7. The van der Waals surface area contributed by atoms with Crippen molar-refractivity contribution in [1.82, 2.24) is 9.55 Å². The quantitative estimate of drug-likeness (QED) is 0.175. The molecule has 0 saturated carbocycles. The molecule has 202 valence electrons. The third-order valence-corrected chi connectivity index (χ3v) is 5.85. The molecule has 0 aliphatic heterocycles. The molecular formula is C28H26FN3O7. The van der Waals surface area contributed by atoms with Gasteiger partial charge in [-0.15, -0.1) is 0 Å². The van der Waals surface area contributed by atoms with Crippen LogP contribution in [-0.4, -0.2) is 43.2 Å². The van der Waals surface area contributed by atoms with E-state index < -0.39 is 28.6 Å². The number of hydrogen-bond donors (Lipinski definition) is 2. The number of carbonyl (C=O) groups excluding carboxylic acids is 1. The van der Waals surface area contributed by atoms with Crippen molar-refractivity contribution in [3.05, 3.63) is 112 Å². The van der Waals surface area contributed by atoms with Crippen molar-refractivity contribution in [3.8, 4) is 16.9 Å². The summed E-state index contributed by atoms with van der Waals surface area (Å²) in [7, 11) is 0. The summed E-state index contributed by atoms with van der Waals surface area (Å²) in [4.78, 5) is 36.9. The Kier molecular flexibility index (Phi) is 9.47. The number of ether oxygens (including phenoxy) is 1. The number of carboxylic acid groups (broad SMARTS) is 1. The minimum Gasteiger partial charge on any atom is -0.507 e. The predicted octanol–water partition coefficient (Wildman–Crippen LogP) is 5.34. The number of benzene rings is 3. The van der Waals surface area contributed by atoms with Gasteiger partial charge in [0.2, 0.25) is 0 Å². The molecule has 39 heavy (non-hydrogen) atoms. The molecule has 3 aromatic carbocycles. The van der Waals surface area contributed by atoms with Gasteiger partial charge in [0, 0.05) is 12.5 Å². The van der Waals surface area contributed by atoms with Gasteiger partial charge in [-0.2, -0.15) is 0 Å². The maximum atomic E-state index is 14.5. The molecule has 1 heterocycles. The number of nitrogens with zero attached hydrogens (tertiary/aromatic N) is 3. The summed E-state index contributed by atoms with van der Waals surface area (Å²) in [5, 5.41) is 28.3. The van der Waals surface area contributed by atoms with E-state index in [4.69, 9.17) is 14.9 Å². The number of nitro groups is 1. The molecule has 4 aromatic rings. The number of imidazole rings is 1. The van der Waals surface area contributed by atoms with E-state index in [0.717, 1.165) is 11.8 Å². The number of aromatic hydroxyl groups is 1. The number of carboxylic acids is 1. The van der Waals surface area contributed by atoms with Crippen molar-refractivity contribution in [2.24, 2.45) is 0 Å². The van der Waals surface area contributed by atoms with Gasteiger partial charge in [0.1, 0.15) is 36.5 Å². The molecule has 2 N–H and O–H groups in total. The number of aromatic carboxylic acids is 1. The molecule has 0 fully saturated rings. The van der Waals surface area contributed by atoms with E-state index in [-0.39, 0.29) is 30.3 Å². The van der Waals surface area contributed by atoms with Gasteiger partial charge >= 0.3 is 17.8 Å². The smallest absolute Gasteiger partial charge is 0.342 e. The van der Waals surface area contributed by atoms with Crippen LogP contribution < -0.4 is 0 Å². The fraction of sp³-hybridized carbons (Fsp3) is 0.179. The maximum absolute atomic E-state index is 14.5. The van der Waals surface area contributed by atoms with Gasteiger partial charge in [0.15, 0.2) is 5.82 Å². The van der Waals surface area contributed by atoms with Crippen molar-refractivity contribution >= 4 is 17.8 Å². The normalized spacial score (nSPS) is 11.2. The van der Waals surface area contributed by atoms with Crippen molar-refractivity contribution < 1.29 is 33.9 Å². The molecule has 0 spiro atoms. The first-order chi connectivity index (χ1) is 18.6. The molecular weight excluding hydrogens is 509 g/mol. The van der Waals surface area contributed by atoms with Crippen molar-refractivity contribution in [1.29, 1.82) is 0 Å². The molecule has 0 bridgehead atoms. The van der Waals surface area contributed by atoms with E-state index in [9.17, 15) is 24.1 Å². The first-order valence-corrected chi connectivity index (χ1v) is 11.8. The molecule has 0 saturated heterocycles. The highest BCUT2D eigenvalue weighted by Gasteiger charge is 2.21. The molecule has 0 amide bonds. The molecule has 10 nitrogen and oxygen atoms in total. The van der Waals surface area contributed by atoms with E-state index in [2.05, 4.69) is 4.98 Å². The lowest BCUT2D eigenvalue weighted by molar-refractivity contribution is -0.392. The number of esters is 1. The van der Waals surface area contributed by atoms with E-state index in [1.807, 2.05) is 30.3 Å². The summed E-state index contributed by atoms with van der Waals surface area (Å²) in [6.07, 6.45) is 1.16. The van der Waals surface area contributed by atoms with E-state index in [0.29, 0.717) is 17.0 Å². The molecule has 0 aliphatic carbocycles. The van der Waals surface area contributed by atoms with Gasteiger partial charge in [-0.25, -0.2) is 18.7 Å². The lowest BCUT2D eigenvalue weighted by Crippen LogP contribution is -2.17. The summed E-state index contributed by atoms with van der Waals surface area (Å²) in [6.45, 7) is 3.33. The monoisotopic (exact) mass is 535 g/mol. The second-order valence-corrected chi connectivity index (χ2v) is 8.39. The summed E-state index contributed by atoms with van der Waals surface area (Å²) < 4.78 is 21.1. The molecule has 1 aromatic heterocycles. The summed E-state index contributed by atoms with van der Waals surface area (Å²) in [5.41, 5.74) is 1.64. The molecule has 4 rings (SSSR count). The number of carbonyl (C=O) groups is 2. The summed E-state index contributed by atoms with van der Waals surface area (Å²) in [6, 6.07) is 19.6. The third-order valence-electron chi connectivity index (χ3n) is 5.85. The fourth-order valence-corrected chi connectivity index (χ4v) is 3.68. The van der Waals surface area contributed by atoms with Crippen LogP contribution >= 0.6 is 0 Å². The van der Waals surface area contributed by atoms with E-state index in [1.54, 1.807) is 38.1 Å². The highest BCUT2D eigenvalue weighted by atomic mass is 19.1. The zero-order valence-corrected chi connectivity index (χ0v) is 21.2. The first kappa shape index (κ1) is 28.5. The lowest BCUT2D eigenvalue weighted by atomic mass is 9.97. The Labute approximate surface area is 223 Å². The lowest BCUT2D eigenvalue weighted by Gasteiger charge is -2.13. The SMILES string of the molecule is Cc1ncc([N+](=O)[O-])n1CCOC(=O)[C@@H](C)c1ccc(-c2ccccc2)c(F)c1.O=C(O)c1ccccc1O. The standard InChI is InChI=1S/C21H20FN3O4.C7H6O3/c1-14(17-8-9-18(19(22)12-17)16-6-4-3-5-7-16)21(26)29-11-10-24-15(2)23-13-20(24)25(27)28;8-6-4-2-1-3-5(6)7(9)10/h3-9,12-14H,10-11H2,1-2H3;1-4,8H,(H,9,10)/t14-;/m0./s1. The number of rotatable bonds is 8.